The van der Waals surface area contributed by atoms with Crippen molar-refractivity contribution in [2.45, 2.75) is 56.5 Å². The molecule has 0 aromatic carbocycles. The first-order chi connectivity index (χ1) is 12.3. The number of carbonyl (C=O) groups excluding carboxylic acids is 1. The van der Waals surface area contributed by atoms with Gasteiger partial charge < -0.3 is 15.2 Å². The zero-order chi connectivity index (χ0) is 17.1. The summed E-state index contributed by atoms with van der Waals surface area (Å²) in [4.78, 5) is 22.4. The summed E-state index contributed by atoms with van der Waals surface area (Å²) in [7, 11) is 0. The summed E-state index contributed by atoms with van der Waals surface area (Å²) >= 11 is 0. The number of carbonyl (C=O) groups is 1. The summed E-state index contributed by atoms with van der Waals surface area (Å²) in [5, 5.41) is 7.68. The molecular formula is C18H26N6O. The van der Waals surface area contributed by atoms with E-state index >= 15 is 0 Å². The molecule has 0 radical (unpaired) electrons. The fourth-order valence-electron chi connectivity index (χ4n) is 4.21. The highest BCUT2D eigenvalue weighted by Gasteiger charge is 2.31. The number of aromatic nitrogens is 4. The third-order valence-electron chi connectivity index (χ3n) is 5.52. The summed E-state index contributed by atoms with van der Waals surface area (Å²) in [5.74, 6) is 1.30. The van der Waals surface area contributed by atoms with E-state index in [1.807, 2.05) is 34.2 Å². The highest BCUT2D eigenvalue weighted by atomic mass is 16.2. The van der Waals surface area contributed by atoms with Crippen molar-refractivity contribution in [3.05, 3.63) is 36.7 Å². The van der Waals surface area contributed by atoms with Crippen LogP contribution in [0.4, 0.5) is 4.79 Å². The predicted molar refractivity (Wildman–Crippen MR) is 94.2 cm³/mol. The lowest BCUT2D eigenvalue weighted by Crippen LogP contribution is -2.51. The number of nitrogens with one attached hydrogen (secondary N) is 2. The van der Waals surface area contributed by atoms with Gasteiger partial charge in [0.2, 0.25) is 0 Å². The van der Waals surface area contributed by atoms with Crippen molar-refractivity contribution in [2.75, 3.05) is 13.1 Å². The molecule has 25 heavy (non-hydrogen) atoms. The van der Waals surface area contributed by atoms with Crippen LogP contribution in [0.2, 0.25) is 0 Å². The molecule has 1 saturated heterocycles. The van der Waals surface area contributed by atoms with Crippen LogP contribution in [0.25, 0.3) is 0 Å². The number of aromatic amines is 1. The Morgan fingerprint density at radius 3 is 2.92 bits per heavy atom. The Bertz CT molecular complexity index is 668. The number of rotatable bonds is 3. The fraction of sp³-hybridized carbons (Fsp3) is 0.611. The molecule has 2 aromatic rings. The summed E-state index contributed by atoms with van der Waals surface area (Å²) in [6, 6.07) is 2.43. The lowest BCUT2D eigenvalue weighted by atomic mass is 9.90. The average Bonchev–Trinajstić information content (AvgIpc) is 3.36. The van der Waals surface area contributed by atoms with Crippen LogP contribution in [0, 0.1) is 0 Å². The van der Waals surface area contributed by atoms with Crippen LogP contribution in [0.5, 0.6) is 0 Å². The second kappa shape index (κ2) is 7.29. The van der Waals surface area contributed by atoms with Crippen LogP contribution in [0.3, 0.4) is 0 Å². The van der Waals surface area contributed by atoms with E-state index in [2.05, 4.69) is 20.4 Å². The molecule has 2 aliphatic rings. The minimum atomic E-state index is 0.0558. The van der Waals surface area contributed by atoms with Crippen LogP contribution in [-0.2, 0) is 0 Å². The monoisotopic (exact) mass is 342 g/mol. The molecular weight excluding hydrogens is 316 g/mol. The Hall–Kier alpha value is -2.31. The Balaban J connectivity index is 1.40. The molecule has 2 aromatic heterocycles. The number of amides is 2. The SMILES string of the molecule is O=C(N[C@@H]1CCCC[C@@H]1n1cccn1)N1CCC[C@@H](c2ncc[nH]2)C1. The van der Waals surface area contributed by atoms with Crippen LogP contribution < -0.4 is 5.32 Å². The first-order valence-electron chi connectivity index (χ1n) is 9.35. The predicted octanol–water partition coefficient (Wildman–Crippen LogP) is 2.68. The third-order valence-corrected chi connectivity index (χ3v) is 5.52. The molecule has 2 amide bonds. The number of likely N-dealkylation sites (tertiary alicyclic amines) is 1. The van der Waals surface area contributed by atoms with E-state index in [1.165, 1.54) is 6.42 Å². The van der Waals surface area contributed by atoms with E-state index in [-0.39, 0.29) is 18.1 Å². The number of nitrogens with zero attached hydrogens (tertiary/aromatic N) is 4. The molecule has 0 bridgehead atoms. The molecule has 134 valence electrons. The van der Waals surface area contributed by atoms with Gasteiger partial charge in [-0.05, 0) is 31.7 Å². The van der Waals surface area contributed by atoms with Gasteiger partial charge in [0.1, 0.15) is 5.82 Å². The lowest BCUT2D eigenvalue weighted by molar-refractivity contribution is 0.162. The van der Waals surface area contributed by atoms with E-state index in [9.17, 15) is 4.79 Å². The largest absolute Gasteiger partial charge is 0.348 e. The van der Waals surface area contributed by atoms with E-state index < -0.39 is 0 Å². The standard InChI is InChI=1S/C18H26N6O/c25-18(23-11-3-5-14(13-23)17-19-9-10-20-17)22-15-6-1-2-7-16(15)24-12-4-8-21-24/h4,8-10,12,14-16H,1-3,5-7,11,13H2,(H,19,20)(H,22,25)/t14-,15-,16+/m1/s1. The first-order valence-corrected chi connectivity index (χ1v) is 9.35. The smallest absolute Gasteiger partial charge is 0.317 e. The van der Waals surface area contributed by atoms with Crippen molar-refractivity contribution in [1.29, 1.82) is 0 Å². The highest BCUT2D eigenvalue weighted by molar-refractivity contribution is 5.74. The number of H-pyrrole nitrogens is 1. The molecule has 7 nitrogen and oxygen atoms in total. The molecule has 3 atom stereocenters. The van der Waals surface area contributed by atoms with Crippen molar-refractivity contribution in [1.82, 2.24) is 30.0 Å². The van der Waals surface area contributed by atoms with Crippen LogP contribution >= 0.6 is 0 Å². The minimum absolute atomic E-state index is 0.0558. The summed E-state index contributed by atoms with van der Waals surface area (Å²) in [5.41, 5.74) is 0. The zero-order valence-corrected chi connectivity index (χ0v) is 14.5. The topological polar surface area (TPSA) is 78.8 Å². The van der Waals surface area contributed by atoms with Gasteiger partial charge in [0.05, 0.1) is 12.1 Å². The molecule has 0 spiro atoms. The Morgan fingerprint density at radius 2 is 2.12 bits per heavy atom. The second-order valence-corrected chi connectivity index (χ2v) is 7.15. The maximum atomic E-state index is 12.9. The fourth-order valence-corrected chi connectivity index (χ4v) is 4.21. The van der Waals surface area contributed by atoms with Crippen LogP contribution in [0.15, 0.2) is 30.9 Å². The van der Waals surface area contributed by atoms with Crippen LogP contribution in [-0.4, -0.2) is 49.8 Å². The molecule has 1 aliphatic carbocycles. The lowest BCUT2D eigenvalue weighted by Gasteiger charge is -2.36. The van der Waals surface area contributed by atoms with E-state index in [4.69, 9.17) is 0 Å². The van der Waals surface area contributed by atoms with Gasteiger partial charge in [0.15, 0.2) is 0 Å². The summed E-state index contributed by atoms with van der Waals surface area (Å²) in [6.45, 7) is 1.56. The molecule has 2 N–H and O–H groups in total. The number of hydrogen-bond acceptors (Lipinski definition) is 3. The second-order valence-electron chi connectivity index (χ2n) is 7.15. The van der Waals surface area contributed by atoms with Gasteiger partial charge in [-0.1, -0.05) is 12.8 Å². The van der Waals surface area contributed by atoms with Crippen molar-refractivity contribution < 1.29 is 4.79 Å². The Morgan fingerprint density at radius 1 is 1.20 bits per heavy atom. The molecule has 7 heteroatoms. The van der Waals surface area contributed by atoms with E-state index in [1.54, 1.807) is 6.20 Å². The van der Waals surface area contributed by atoms with Crippen molar-refractivity contribution in [2.24, 2.45) is 0 Å². The normalized spacial score (nSPS) is 27.2. The maximum absolute atomic E-state index is 12.9. The summed E-state index contributed by atoms with van der Waals surface area (Å²) in [6.07, 6.45) is 14.0. The molecule has 1 aliphatic heterocycles. The van der Waals surface area contributed by atoms with Crippen molar-refractivity contribution in [3.8, 4) is 0 Å². The number of urea groups is 1. The van der Waals surface area contributed by atoms with Gasteiger partial charge >= 0.3 is 6.03 Å². The summed E-state index contributed by atoms with van der Waals surface area (Å²) < 4.78 is 2.01. The quantitative estimate of drug-likeness (QED) is 0.900. The van der Waals surface area contributed by atoms with Gasteiger partial charge in [0, 0.05) is 43.8 Å². The first kappa shape index (κ1) is 16.2. The zero-order valence-electron chi connectivity index (χ0n) is 14.5. The Labute approximate surface area is 147 Å². The average molecular weight is 342 g/mol. The van der Waals surface area contributed by atoms with Gasteiger partial charge in [0.25, 0.3) is 0 Å². The number of hydrogen-bond donors (Lipinski definition) is 2. The molecule has 0 unspecified atom stereocenters. The van der Waals surface area contributed by atoms with Crippen molar-refractivity contribution in [3.63, 3.8) is 0 Å². The molecule has 2 fully saturated rings. The van der Waals surface area contributed by atoms with Crippen LogP contribution in [0.1, 0.15) is 56.3 Å². The number of piperidine rings is 1. The molecule has 1 saturated carbocycles. The van der Waals surface area contributed by atoms with E-state index in [0.717, 1.165) is 51.0 Å². The van der Waals surface area contributed by atoms with Gasteiger partial charge in [-0.3, -0.25) is 4.68 Å². The minimum Gasteiger partial charge on any atom is -0.348 e. The maximum Gasteiger partial charge on any atom is 0.317 e. The third kappa shape index (κ3) is 3.55. The number of imidazole rings is 1. The van der Waals surface area contributed by atoms with Gasteiger partial charge in [-0.2, -0.15) is 5.10 Å². The van der Waals surface area contributed by atoms with Gasteiger partial charge in [-0.15, -0.1) is 0 Å². The highest BCUT2D eigenvalue weighted by Crippen LogP contribution is 2.29. The molecule has 4 rings (SSSR count). The van der Waals surface area contributed by atoms with E-state index in [0.29, 0.717) is 5.92 Å². The van der Waals surface area contributed by atoms with Gasteiger partial charge in [-0.25, -0.2) is 9.78 Å². The molecule has 3 heterocycles. The Kier molecular flexibility index (Phi) is 4.72. The van der Waals surface area contributed by atoms with Crippen molar-refractivity contribution >= 4 is 6.03 Å².